The largest absolute Gasteiger partial charge is 0.486 e. The summed E-state index contributed by atoms with van der Waals surface area (Å²) >= 11 is 0. The fourth-order valence-electron chi connectivity index (χ4n) is 3.43. The van der Waals surface area contributed by atoms with Crippen molar-refractivity contribution in [2.45, 2.75) is 18.9 Å². The Labute approximate surface area is 152 Å². The van der Waals surface area contributed by atoms with Gasteiger partial charge in [0.15, 0.2) is 11.5 Å². The molecule has 0 spiro atoms. The van der Waals surface area contributed by atoms with Crippen molar-refractivity contribution in [1.82, 2.24) is 10.2 Å². The van der Waals surface area contributed by atoms with Gasteiger partial charge < -0.3 is 24.5 Å². The van der Waals surface area contributed by atoms with Crippen molar-refractivity contribution in [3.8, 4) is 11.5 Å². The molecular weight excluding hydrogens is 334 g/mol. The van der Waals surface area contributed by atoms with Crippen LogP contribution in [0.1, 0.15) is 24.6 Å². The van der Waals surface area contributed by atoms with E-state index < -0.39 is 0 Å². The zero-order valence-electron chi connectivity index (χ0n) is 14.6. The molecule has 2 aliphatic heterocycles. The van der Waals surface area contributed by atoms with Crippen LogP contribution in [0, 0.1) is 0 Å². The van der Waals surface area contributed by atoms with Crippen LogP contribution < -0.4 is 20.1 Å². The predicted octanol–water partition coefficient (Wildman–Crippen LogP) is 3.01. The highest BCUT2D eigenvalue weighted by Gasteiger charge is 2.26. The lowest BCUT2D eigenvalue weighted by atomic mass is 10.2. The Bertz CT molecular complexity index is 741. The highest BCUT2D eigenvalue weighted by atomic mass is 16.6. The van der Waals surface area contributed by atoms with Gasteiger partial charge >= 0.3 is 6.03 Å². The van der Waals surface area contributed by atoms with Crippen molar-refractivity contribution >= 4 is 11.7 Å². The van der Waals surface area contributed by atoms with Crippen LogP contribution >= 0.6 is 0 Å². The molecule has 138 valence electrons. The van der Waals surface area contributed by atoms with Crippen LogP contribution in [0.2, 0.25) is 0 Å². The summed E-state index contributed by atoms with van der Waals surface area (Å²) in [6.07, 6.45) is 4.04. The number of fused-ring (bicyclic) bond motifs is 1. The molecule has 0 saturated carbocycles. The SMILES string of the molecule is O=C(NCC(c1ccco1)N1CCCC1)Nc1ccc2c(c1)OCCO2. The van der Waals surface area contributed by atoms with Crippen molar-refractivity contribution in [3.63, 3.8) is 0 Å². The smallest absolute Gasteiger partial charge is 0.319 e. The zero-order chi connectivity index (χ0) is 17.8. The van der Waals surface area contributed by atoms with Crippen molar-refractivity contribution < 1.29 is 18.7 Å². The molecule has 2 N–H and O–H groups in total. The van der Waals surface area contributed by atoms with Gasteiger partial charge in [0.2, 0.25) is 0 Å². The van der Waals surface area contributed by atoms with Gasteiger partial charge in [0.05, 0.1) is 12.3 Å². The number of hydrogen-bond acceptors (Lipinski definition) is 5. The van der Waals surface area contributed by atoms with Crippen LogP contribution in [0.25, 0.3) is 0 Å². The standard InChI is InChI=1S/C19H23N3O4/c23-19(21-14-5-6-17-18(12-14)26-11-10-25-17)20-13-15(16-4-3-9-24-16)22-7-1-2-8-22/h3-6,9,12,15H,1-2,7-8,10-11,13H2,(H2,20,21,23). The molecule has 2 aliphatic rings. The molecule has 1 unspecified atom stereocenters. The van der Waals surface area contributed by atoms with Crippen molar-refractivity contribution in [2.24, 2.45) is 0 Å². The summed E-state index contributed by atoms with van der Waals surface area (Å²) < 4.78 is 16.6. The van der Waals surface area contributed by atoms with Crippen molar-refractivity contribution in [1.29, 1.82) is 0 Å². The minimum atomic E-state index is -0.252. The van der Waals surface area contributed by atoms with E-state index in [1.165, 1.54) is 12.8 Å². The highest BCUT2D eigenvalue weighted by molar-refractivity contribution is 5.89. The Hall–Kier alpha value is -2.67. The molecule has 26 heavy (non-hydrogen) atoms. The monoisotopic (exact) mass is 357 g/mol. The van der Waals surface area contributed by atoms with Crippen molar-refractivity contribution in [2.75, 3.05) is 38.2 Å². The summed E-state index contributed by atoms with van der Waals surface area (Å²) in [4.78, 5) is 14.7. The fourth-order valence-corrected chi connectivity index (χ4v) is 3.43. The summed E-state index contributed by atoms with van der Waals surface area (Å²) in [6.45, 7) is 3.60. The topological polar surface area (TPSA) is 76.0 Å². The highest BCUT2D eigenvalue weighted by Crippen LogP contribution is 2.32. The van der Waals surface area contributed by atoms with E-state index in [1.54, 1.807) is 24.5 Å². The number of anilines is 1. The van der Waals surface area contributed by atoms with Gasteiger partial charge in [-0.15, -0.1) is 0 Å². The Balaban J connectivity index is 1.36. The summed E-state index contributed by atoms with van der Waals surface area (Å²) in [6, 6.07) is 9.03. The molecule has 7 nitrogen and oxygen atoms in total. The van der Waals surface area contributed by atoms with Crippen LogP contribution in [0.15, 0.2) is 41.0 Å². The number of benzene rings is 1. The summed E-state index contributed by atoms with van der Waals surface area (Å²) in [5.41, 5.74) is 0.669. The second-order valence-electron chi connectivity index (χ2n) is 6.47. The lowest BCUT2D eigenvalue weighted by molar-refractivity contribution is 0.171. The van der Waals surface area contributed by atoms with Crippen LogP contribution in [0.3, 0.4) is 0 Å². The van der Waals surface area contributed by atoms with E-state index in [0.29, 0.717) is 36.9 Å². The lowest BCUT2D eigenvalue weighted by Crippen LogP contribution is -2.38. The fraction of sp³-hybridized carbons (Fsp3) is 0.421. The average Bonchev–Trinajstić information content (AvgIpc) is 3.36. The number of nitrogens with zero attached hydrogens (tertiary/aromatic N) is 1. The molecule has 0 radical (unpaired) electrons. The maximum atomic E-state index is 12.3. The van der Waals surface area contributed by atoms with Crippen molar-refractivity contribution in [3.05, 3.63) is 42.4 Å². The first-order chi connectivity index (χ1) is 12.8. The molecule has 1 aromatic heterocycles. The molecule has 2 aromatic rings. The van der Waals surface area contributed by atoms with Crippen LogP contribution in [0.5, 0.6) is 11.5 Å². The maximum absolute atomic E-state index is 12.3. The number of amides is 2. The van der Waals surface area contributed by atoms with E-state index in [1.807, 2.05) is 12.1 Å². The molecule has 1 fully saturated rings. The number of likely N-dealkylation sites (tertiary alicyclic amines) is 1. The van der Waals surface area contributed by atoms with Gasteiger partial charge in [-0.2, -0.15) is 0 Å². The van der Waals surface area contributed by atoms with E-state index in [9.17, 15) is 4.79 Å². The first-order valence-electron chi connectivity index (χ1n) is 9.01. The second kappa shape index (κ2) is 7.70. The van der Waals surface area contributed by atoms with E-state index in [-0.39, 0.29) is 12.1 Å². The number of rotatable bonds is 5. The van der Waals surface area contributed by atoms with Crippen LogP contribution in [-0.4, -0.2) is 43.8 Å². The Morgan fingerprint density at radius 1 is 1.12 bits per heavy atom. The molecule has 1 saturated heterocycles. The summed E-state index contributed by atoms with van der Waals surface area (Å²) in [7, 11) is 0. The quantitative estimate of drug-likeness (QED) is 0.860. The third kappa shape index (κ3) is 3.77. The zero-order valence-corrected chi connectivity index (χ0v) is 14.6. The number of hydrogen-bond donors (Lipinski definition) is 2. The van der Waals surface area contributed by atoms with Gasteiger partial charge in [0.25, 0.3) is 0 Å². The average molecular weight is 357 g/mol. The molecule has 2 amide bonds. The lowest BCUT2D eigenvalue weighted by Gasteiger charge is -2.26. The number of nitrogens with one attached hydrogen (secondary N) is 2. The Kier molecular flexibility index (Phi) is 4.97. The van der Waals surface area contributed by atoms with Gasteiger partial charge in [-0.3, -0.25) is 4.90 Å². The number of urea groups is 1. The molecule has 4 rings (SSSR count). The van der Waals surface area contributed by atoms with Gasteiger partial charge in [-0.05, 0) is 50.2 Å². The Morgan fingerprint density at radius 2 is 1.92 bits per heavy atom. The van der Waals surface area contributed by atoms with Gasteiger partial charge in [-0.1, -0.05) is 0 Å². The summed E-state index contributed by atoms with van der Waals surface area (Å²) in [5.74, 6) is 2.24. The number of carbonyl (C=O) groups excluding carboxylic acids is 1. The van der Waals surface area contributed by atoms with E-state index in [0.717, 1.165) is 18.8 Å². The molecule has 1 atom stereocenters. The second-order valence-corrected chi connectivity index (χ2v) is 6.47. The van der Waals surface area contributed by atoms with E-state index >= 15 is 0 Å². The molecule has 3 heterocycles. The number of ether oxygens (including phenoxy) is 2. The van der Waals surface area contributed by atoms with E-state index in [4.69, 9.17) is 13.9 Å². The molecule has 0 aliphatic carbocycles. The first-order valence-corrected chi connectivity index (χ1v) is 9.01. The van der Waals surface area contributed by atoms with Crippen LogP contribution in [-0.2, 0) is 0 Å². The van der Waals surface area contributed by atoms with Gasteiger partial charge in [0.1, 0.15) is 19.0 Å². The normalized spacial score (nSPS) is 17.7. The molecular formula is C19H23N3O4. The minimum absolute atomic E-state index is 0.0542. The Morgan fingerprint density at radius 3 is 2.69 bits per heavy atom. The third-order valence-corrected chi connectivity index (χ3v) is 4.71. The number of carbonyl (C=O) groups is 1. The van der Waals surface area contributed by atoms with E-state index in [2.05, 4.69) is 15.5 Å². The predicted molar refractivity (Wildman–Crippen MR) is 96.7 cm³/mol. The van der Waals surface area contributed by atoms with Crippen LogP contribution in [0.4, 0.5) is 10.5 Å². The molecule has 7 heteroatoms. The maximum Gasteiger partial charge on any atom is 0.319 e. The van der Waals surface area contributed by atoms with Gasteiger partial charge in [-0.25, -0.2) is 4.79 Å². The first kappa shape index (κ1) is 16.8. The number of furan rings is 1. The third-order valence-electron chi connectivity index (χ3n) is 4.71. The minimum Gasteiger partial charge on any atom is -0.486 e. The summed E-state index contributed by atoms with van der Waals surface area (Å²) in [5, 5.41) is 5.80. The molecule has 1 aromatic carbocycles. The van der Waals surface area contributed by atoms with Gasteiger partial charge in [0, 0.05) is 18.3 Å². The molecule has 0 bridgehead atoms.